The molecule has 3 aromatic rings. The topological polar surface area (TPSA) is 85.2 Å². The van der Waals surface area contributed by atoms with Crippen molar-refractivity contribution in [2.45, 2.75) is 44.3 Å². The van der Waals surface area contributed by atoms with E-state index in [9.17, 15) is 18.0 Å². The molecule has 1 saturated carbocycles. The molecule has 34 heavy (non-hydrogen) atoms. The molecule has 1 aromatic heterocycles. The molecule has 2 aromatic carbocycles. The average Bonchev–Trinajstić information content (AvgIpc) is 3.27. The van der Waals surface area contributed by atoms with Crippen LogP contribution in [0.15, 0.2) is 53.1 Å². The molecule has 0 saturated heterocycles. The van der Waals surface area contributed by atoms with Crippen LogP contribution in [-0.2, 0) is 12.7 Å². The molecule has 6 nitrogen and oxygen atoms in total. The zero-order valence-corrected chi connectivity index (χ0v) is 18.9. The number of primary amides is 1. The third-order valence-electron chi connectivity index (χ3n) is 6.41. The molecule has 2 N–H and O–H groups in total. The highest BCUT2D eigenvalue weighted by molar-refractivity contribution is 5.94. The highest BCUT2D eigenvalue weighted by atomic mass is 19.4. The number of rotatable bonds is 7. The summed E-state index contributed by atoms with van der Waals surface area (Å²) in [5.74, 6) is 0.745. The number of halogens is 3. The molecule has 0 radical (unpaired) electrons. The van der Waals surface area contributed by atoms with Crippen LogP contribution < -0.4 is 5.73 Å². The van der Waals surface area contributed by atoms with Crippen LogP contribution in [0.2, 0.25) is 0 Å². The van der Waals surface area contributed by atoms with Gasteiger partial charge < -0.3 is 10.3 Å². The Bertz CT molecular complexity index is 1120. The molecule has 9 heteroatoms. The van der Waals surface area contributed by atoms with E-state index >= 15 is 0 Å². The van der Waals surface area contributed by atoms with Gasteiger partial charge in [-0.3, -0.25) is 9.69 Å². The molecule has 0 bridgehead atoms. The maximum absolute atomic E-state index is 13.1. The molecule has 0 spiro atoms. The van der Waals surface area contributed by atoms with Crippen LogP contribution in [-0.4, -0.2) is 34.5 Å². The molecule has 1 fully saturated rings. The normalized spacial score (nSPS) is 18.9. The lowest BCUT2D eigenvalue weighted by molar-refractivity contribution is -0.137. The summed E-state index contributed by atoms with van der Waals surface area (Å²) in [5.41, 5.74) is 6.05. The Morgan fingerprint density at radius 2 is 1.82 bits per heavy atom. The lowest BCUT2D eigenvalue weighted by Gasteiger charge is -2.32. The number of hydrogen-bond acceptors (Lipinski definition) is 5. The lowest BCUT2D eigenvalue weighted by atomic mass is 9.77. The monoisotopic (exact) mass is 472 g/mol. The molecule has 1 heterocycles. The second kappa shape index (κ2) is 9.97. The number of amides is 1. The zero-order chi connectivity index (χ0) is 24.3. The molecule has 180 valence electrons. The van der Waals surface area contributed by atoms with E-state index in [-0.39, 0.29) is 11.5 Å². The van der Waals surface area contributed by atoms with E-state index in [1.54, 1.807) is 0 Å². The van der Waals surface area contributed by atoms with Gasteiger partial charge in [0.05, 0.1) is 12.1 Å². The quantitative estimate of drug-likeness (QED) is 0.507. The minimum Gasteiger partial charge on any atom is -0.366 e. The third-order valence-corrected chi connectivity index (χ3v) is 6.41. The van der Waals surface area contributed by atoms with Gasteiger partial charge in [0.25, 0.3) is 0 Å². The molecule has 0 unspecified atom stereocenters. The maximum atomic E-state index is 13.1. The first-order chi connectivity index (χ1) is 16.2. The van der Waals surface area contributed by atoms with Gasteiger partial charge in [0.15, 0.2) is 0 Å². The van der Waals surface area contributed by atoms with Crippen LogP contribution in [0.1, 0.15) is 59.0 Å². The summed E-state index contributed by atoms with van der Waals surface area (Å²) in [5, 5.41) is 4.05. The summed E-state index contributed by atoms with van der Waals surface area (Å²) in [6, 6.07) is 13.0. The number of alkyl halides is 3. The Kier molecular flexibility index (Phi) is 7.02. The molecule has 0 atom stereocenters. The van der Waals surface area contributed by atoms with Gasteiger partial charge in [-0.05, 0) is 62.3 Å². The van der Waals surface area contributed by atoms with Crippen molar-refractivity contribution < 1.29 is 22.5 Å². The SMILES string of the molecule is CN(Cc1nc(-c2ccccc2)no1)C[C@H]1CC[C@H](c2ccc(C(F)(F)F)cc2C(N)=O)CC1. The summed E-state index contributed by atoms with van der Waals surface area (Å²) in [6.07, 6.45) is -1.10. The molecule has 0 aliphatic heterocycles. The Hall–Kier alpha value is -3.20. The molecule has 1 amide bonds. The minimum atomic E-state index is -4.51. The summed E-state index contributed by atoms with van der Waals surface area (Å²) in [4.78, 5) is 18.5. The van der Waals surface area contributed by atoms with Crippen molar-refractivity contribution in [3.8, 4) is 11.4 Å². The van der Waals surface area contributed by atoms with Crippen LogP contribution in [0.5, 0.6) is 0 Å². The molecule has 1 aliphatic carbocycles. The van der Waals surface area contributed by atoms with Crippen molar-refractivity contribution in [1.29, 1.82) is 0 Å². The summed E-state index contributed by atoms with van der Waals surface area (Å²) in [6.45, 7) is 1.37. The maximum Gasteiger partial charge on any atom is 0.416 e. The minimum absolute atomic E-state index is 0.0238. The first-order valence-corrected chi connectivity index (χ1v) is 11.3. The van der Waals surface area contributed by atoms with Crippen molar-refractivity contribution >= 4 is 5.91 Å². The van der Waals surface area contributed by atoms with Crippen LogP contribution in [0.4, 0.5) is 13.2 Å². The molecular weight excluding hydrogens is 445 g/mol. The Balaban J connectivity index is 1.33. The summed E-state index contributed by atoms with van der Waals surface area (Å²) in [7, 11) is 2.00. The first kappa shape index (κ1) is 23.9. The Labute approximate surface area is 195 Å². The van der Waals surface area contributed by atoms with Crippen LogP contribution in [0, 0.1) is 5.92 Å². The van der Waals surface area contributed by atoms with Crippen molar-refractivity contribution in [3.05, 3.63) is 71.1 Å². The average molecular weight is 473 g/mol. The van der Waals surface area contributed by atoms with E-state index in [1.165, 1.54) is 6.07 Å². The fourth-order valence-corrected chi connectivity index (χ4v) is 4.72. The van der Waals surface area contributed by atoms with Crippen LogP contribution in [0.3, 0.4) is 0 Å². The first-order valence-electron chi connectivity index (χ1n) is 11.3. The number of benzene rings is 2. The number of aromatic nitrogens is 2. The second-order valence-electron chi connectivity index (χ2n) is 8.96. The van der Waals surface area contributed by atoms with Crippen molar-refractivity contribution in [1.82, 2.24) is 15.0 Å². The van der Waals surface area contributed by atoms with Crippen LogP contribution >= 0.6 is 0 Å². The second-order valence-corrected chi connectivity index (χ2v) is 8.96. The number of nitrogens with zero attached hydrogens (tertiary/aromatic N) is 3. The Morgan fingerprint density at radius 1 is 1.12 bits per heavy atom. The smallest absolute Gasteiger partial charge is 0.366 e. The molecular formula is C25H27F3N4O2. The predicted octanol–water partition coefficient (Wildman–Crippen LogP) is 5.26. The van der Waals surface area contributed by atoms with E-state index in [4.69, 9.17) is 10.3 Å². The number of nitrogens with two attached hydrogens (primary N) is 1. The lowest BCUT2D eigenvalue weighted by Crippen LogP contribution is -2.28. The van der Waals surface area contributed by atoms with Gasteiger partial charge in [-0.25, -0.2) is 0 Å². The fraction of sp³-hybridized carbons (Fsp3) is 0.400. The van der Waals surface area contributed by atoms with Gasteiger partial charge in [0.1, 0.15) is 0 Å². The standard InChI is InChI=1S/C25H27F3N4O2/c1-32(15-22-30-24(31-34-22)18-5-3-2-4-6-18)14-16-7-9-17(10-8-16)20-12-11-19(25(26,27)28)13-21(20)23(29)33/h2-6,11-13,16-17H,7-10,14-15H2,1H3,(H2,29,33)/t16-,17-. The molecule has 4 rings (SSSR count). The number of carbonyl (C=O) groups is 1. The van der Waals surface area contributed by atoms with E-state index in [0.717, 1.165) is 49.9 Å². The van der Waals surface area contributed by atoms with Gasteiger partial charge in [-0.2, -0.15) is 18.2 Å². The highest BCUT2D eigenvalue weighted by Gasteiger charge is 2.33. The largest absolute Gasteiger partial charge is 0.416 e. The van der Waals surface area contributed by atoms with E-state index in [1.807, 2.05) is 37.4 Å². The highest BCUT2D eigenvalue weighted by Crippen LogP contribution is 2.39. The van der Waals surface area contributed by atoms with Crippen molar-refractivity contribution in [2.75, 3.05) is 13.6 Å². The van der Waals surface area contributed by atoms with E-state index in [2.05, 4.69) is 15.0 Å². The predicted molar refractivity (Wildman–Crippen MR) is 121 cm³/mol. The number of carbonyl (C=O) groups excluding carboxylic acids is 1. The summed E-state index contributed by atoms with van der Waals surface area (Å²) >= 11 is 0. The van der Waals surface area contributed by atoms with Crippen molar-refractivity contribution in [3.63, 3.8) is 0 Å². The number of hydrogen-bond donors (Lipinski definition) is 1. The van der Waals surface area contributed by atoms with Gasteiger partial charge in [0, 0.05) is 17.7 Å². The van der Waals surface area contributed by atoms with Gasteiger partial charge in [-0.1, -0.05) is 41.6 Å². The zero-order valence-electron chi connectivity index (χ0n) is 18.9. The van der Waals surface area contributed by atoms with Gasteiger partial charge >= 0.3 is 6.18 Å². The fourth-order valence-electron chi connectivity index (χ4n) is 4.72. The van der Waals surface area contributed by atoms with Crippen LogP contribution in [0.25, 0.3) is 11.4 Å². The van der Waals surface area contributed by atoms with Gasteiger partial charge in [-0.15, -0.1) is 0 Å². The van der Waals surface area contributed by atoms with Crippen molar-refractivity contribution in [2.24, 2.45) is 11.7 Å². The third kappa shape index (κ3) is 5.64. The van der Waals surface area contributed by atoms with E-state index < -0.39 is 17.6 Å². The van der Waals surface area contributed by atoms with E-state index in [0.29, 0.717) is 29.7 Å². The van der Waals surface area contributed by atoms with Gasteiger partial charge in [0.2, 0.25) is 17.6 Å². The molecule has 1 aliphatic rings. The summed E-state index contributed by atoms with van der Waals surface area (Å²) < 4.78 is 44.5. The Morgan fingerprint density at radius 3 is 2.47 bits per heavy atom.